The van der Waals surface area contributed by atoms with Crippen LogP contribution in [0, 0.1) is 10.8 Å². The molecule has 4 heterocycles. The van der Waals surface area contributed by atoms with Gasteiger partial charge in [0, 0.05) is 23.5 Å². The number of fused-ring (bicyclic) bond motifs is 2. The number of carbonyl (C=O) groups excluding carboxylic acids is 3. The Labute approximate surface area is 400 Å². The van der Waals surface area contributed by atoms with Gasteiger partial charge in [0.15, 0.2) is 0 Å². The molecule has 6 fully saturated rings. The molecule has 67 heavy (non-hydrogen) atoms. The van der Waals surface area contributed by atoms with Crippen LogP contribution in [0.2, 0.25) is 0 Å². The predicted octanol–water partition coefficient (Wildman–Crippen LogP) is 5.06. The number of carbonyl (C=O) groups is 4. The molecule has 346 valence electrons. The minimum atomic E-state index is -4.43. The normalized spacial score (nSPS) is 23.0. The first-order chi connectivity index (χ1) is 30.7. The fourth-order valence-electron chi connectivity index (χ4n) is 11.0. The van der Waals surface area contributed by atoms with Crippen molar-refractivity contribution in [2.24, 2.45) is 10.8 Å². The SMILES string of the molecule is COC(=O)CC12CC(NC(=O)c3cnn4cccc(Cc5cccc(C(F)(F)F)c5)c34)(C1)C2.O=C(O)CC12CC(NC(=O)c3cnn4cccc(Cc5cccc(C(F)(F)F)c5)c34)(C1)C2.[Na+].[OH-]. The molecule has 20 heteroatoms. The summed E-state index contributed by atoms with van der Waals surface area (Å²) >= 11 is 0. The molecule has 4 aromatic heterocycles. The molecule has 4 bridgehead atoms. The molecule has 13 nitrogen and oxygen atoms in total. The van der Waals surface area contributed by atoms with Gasteiger partial charge in [-0.15, -0.1) is 0 Å². The van der Waals surface area contributed by atoms with E-state index in [0.29, 0.717) is 70.1 Å². The predicted molar refractivity (Wildman–Crippen MR) is 223 cm³/mol. The molecule has 2 aromatic carbocycles. The molecule has 6 aliphatic carbocycles. The van der Waals surface area contributed by atoms with Crippen molar-refractivity contribution in [1.29, 1.82) is 0 Å². The van der Waals surface area contributed by atoms with Crippen molar-refractivity contribution < 1.29 is 90.4 Å². The van der Waals surface area contributed by atoms with E-state index in [1.54, 1.807) is 57.8 Å². The number of ether oxygens (including phenoxy) is 1. The van der Waals surface area contributed by atoms with E-state index in [1.807, 2.05) is 0 Å². The first kappa shape index (κ1) is 49.2. The van der Waals surface area contributed by atoms with Crippen LogP contribution < -0.4 is 40.2 Å². The molecule has 0 radical (unpaired) electrons. The number of alkyl halides is 6. The number of halogens is 6. The summed E-state index contributed by atoms with van der Waals surface area (Å²) in [6, 6.07) is 17.4. The number of benzene rings is 2. The average molecular weight is 941 g/mol. The van der Waals surface area contributed by atoms with Gasteiger partial charge in [0.2, 0.25) is 0 Å². The maximum absolute atomic E-state index is 13.1. The van der Waals surface area contributed by atoms with E-state index < -0.39 is 29.4 Å². The molecule has 2 amide bonds. The second-order valence-electron chi connectivity index (χ2n) is 18.4. The number of nitrogens with zero attached hydrogens (tertiary/aromatic N) is 4. The number of carboxylic acids is 1. The third-order valence-electron chi connectivity index (χ3n) is 13.3. The third kappa shape index (κ3) is 9.55. The van der Waals surface area contributed by atoms with Crippen LogP contribution in [0.3, 0.4) is 0 Å². The van der Waals surface area contributed by atoms with Crippen molar-refractivity contribution in [3.05, 3.63) is 142 Å². The van der Waals surface area contributed by atoms with Crippen molar-refractivity contribution >= 4 is 34.8 Å². The number of carboxylic acid groups (broad SMARTS) is 1. The van der Waals surface area contributed by atoms with Gasteiger partial charge in [-0.25, -0.2) is 9.03 Å². The fraction of sp³-hybridized carbons (Fsp3) is 0.362. The van der Waals surface area contributed by atoms with Crippen LogP contribution >= 0.6 is 0 Å². The Kier molecular flexibility index (Phi) is 13.0. The maximum atomic E-state index is 13.1. The number of methoxy groups -OCH3 is 1. The van der Waals surface area contributed by atoms with E-state index in [2.05, 4.69) is 20.8 Å². The molecule has 0 unspecified atom stereocenters. The molecule has 0 saturated heterocycles. The van der Waals surface area contributed by atoms with E-state index in [-0.39, 0.29) is 94.0 Å². The van der Waals surface area contributed by atoms with Gasteiger partial charge in [-0.2, -0.15) is 36.5 Å². The number of nitrogens with one attached hydrogen (secondary N) is 2. The number of esters is 1. The smallest absolute Gasteiger partial charge is 0.870 e. The molecule has 6 saturated carbocycles. The Balaban J connectivity index is 0.000000193. The van der Waals surface area contributed by atoms with Gasteiger partial charge in [-0.1, -0.05) is 48.5 Å². The number of hydrogen-bond acceptors (Lipinski definition) is 8. The molecular formula is C47H43F6N6NaO7. The van der Waals surface area contributed by atoms with Crippen LogP contribution in [0.4, 0.5) is 26.3 Å². The molecule has 0 atom stereocenters. The summed E-state index contributed by atoms with van der Waals surface area (Å²) in [7, 11) is 1.37. The molecular weight excluding hydrogens is 898 g/mol. The van der Waals surface area contributed by atoms with Gasteiger partial charge in [-0.05, 0) is 109 Å². The largest absolute Gasteiger partial charge is 1.00 e. The van der Waals surface area contributed by atoms with E-state index in [1.165, 1.54) is 31.6 Å². The Morgan fingerprint density at radius 1 is 0.657 bits per heavy atom. The van der Waals surface area contributed by atoms with Gasteiger partial charge in [0.05, 0.1) is 65.6 Å². The van der Waals surface area contributed by atoms with Crippen LogP contribution in [-0.4, -0.2) is 71.8 Å². The van der Waals surface area contributed by atoms with Crippen molar-refractivity contribution in [3.8, 4) is 0 Å². The van der Waals surface area contributed by atoms with Crippen molar-refractivity contribution in [1.82, 2.24) is 29.9 Å². The van der Waals surface area contributed by atoms with Gasteiger partial charge >= 0.3 is 53.8 Å². The fourth-order valence-corrected chi connectivity index (χ4v) is 11.0. The maximum Gasteiger partial charge on any atom is 1.00 e. The summed E-state index contributed by atoms with van der Waals surface area (Å²) in [5.41, 5.74) is 1.86. The Bertz CT molecular complexity index is 2870. The number of aliphatic carboxylic acids is 1. The first-order valence-corrected chi connectivity index (χ1v) is 20.9. The summed E-state index contributed by atoms with van der Waals surface area (Å²) in [5.74, 6) is -1.64. The van der Waals surface area contributed by atoms with Crippen LogP contribution in [0.25, 0.3) is 11.0 Å². The summed E-state index contributed by atoms with van der Waals surface area (Å²) in [5, 5.41) is 23.7. The Hall–Kier alpha value is -5.76. The number of pyridine rings is 2. The van der Waals surface area contributed by atoms with Gasteiger partial charge in [-0.3, -0.25) is 19.2 Å². The third-order valence-corrected chi connectivity index (χ3v) is 13.3. The number of hydrogen-bond donors (Lipinski definition) is 3. The van der Waals surface area contributed by atoms with Gasteiger partial charge in [0.25, 0.3) is 11.8 Å². The quantitative estimate of drug-likeness (QED) is 0.0858. The van der Waals surface area contributed by atoms with E-state index in [9.17, 15) is 45.5 Å². The van der Waals surface area contributed by atoms with Gasteiger partial charge in [0.1, 0.15) is 0 Å². The molecule has 6 aromatic rings. The average Bonchev–Trinajstić information content (AvgIpc) is 3.84. The second-order valence-corrected chi connectivity index (χ2v) is 18.4. The summed E-state index contributed by atoms with van der Waals surface area (Å²) in [6.07, 6.45) is 2.54. The monoisotopic (exact) mass is 940 g/mol. The van der Waals surface area contributed by atoms with Crippen molar-refractivity contribution in [2.75, 3.05) is 7.11 Å². The molecule has 12 rings (SSSR count). The minimum absolute atomic E-state index is 0. The zero-order valence-corrected chi connectivity index (χ0v) is 38.3. The van der Waals surface area contributed by atoms with Crippen molar-refractivity contribution in [3.63, 3.8) is 0 Å². The zero-order valence-electron chi connectivity index (χ0n) is 36.3. The number of rotatable bonds is 12. The number of amides is 2. The summed E-state index contributed by atoms with van der Waals surface area (Å²) < 4.78 is 86.4. The summed E-state index contributed by atoms with van der Waals surface area (Å²) in [6.45, 7) is 0. The summed E-state index contributed by atoms with van der Waals surface area (Å²) in [4.78, 5) is 48.7. The first-order valence-electron chi connectivity index (χ1n) is 20.9. The minimum Gasteiger partial charge on any atom is -0.870 e. The Morgan fingerprint density at radius 2 is 1.06 bits per heavy atom. The zero-order chi connectivity index (χ0) is 46.2. The van der Waals surface area contributed by atoms with Crippen LogP contribution in [-0.2, 0) is 39.5 Å². The topological polar surface area (TPSA) is 186 Å². The van der Waals surface area contributed by atoms with Crippen LogP contribution in [0.5, 0.6) is 0 Å². The second kappa shape index (κ2) is 17.7. The molecule has 0 aliphatic heterocycles. The standard InChI is InChI=1S/C24H22F3N3O3.C23H20F3N3O3.Na.H2O/c1-33-19(31)10-22-12-23(13-22,14-22)29-21(32)18-11-28-30-7-3-5-16(20(18)30)8-15-4-2-6-17(9-15)24(25,26)27;24-23(25,26)16-5-1-3-14(8-16)7-15-4-2-6-29-19(15)17(10-27-29)20(32)28-22-11-21(12-22,13-22)9-18(30)31;;/h2-7,9,11H,8,10,12-14H2,1H3,(H,29,32);1-6,8,10H,7,9,11-13H2,(H,28,32)(H,30,31);;1H2/q;;+1;/p-1. The van der Waals surface area contributed by atoms with E-state index in [4.69, 9.17) is 9.84 Å². The molecule has 0 spiro atoms. The van der Waals surface area contributed by atoms with Crippen LogP contribution in [0.1, 0.15) is 105 Å². The van der Waals surface area contributed by atoms with Crippen molar-refractivity contribution in [2.45, 2.75) is 87.6 Å². The molecule has 6 aliphatic rings. The van der Waals surface area contributed by atoms with Crippen LogP contribution in [0.15, 0.2) is 97.6 Å². The molecule has 4 N–H and O–H groups in total. The van der Waals surface area contributed by atoms with Gasteiger partial charge < -0.3 is 26.0 Å². The van der Waals surface area contributed by atoms with E-state index >= 15 is 0 Å². The van der Waals surface area contributed by atoms with E-state index in [0.717, 1.165) is 43.5 Å². The number of aromatic nitrogens is 4. The Morgan fingerprint density at radius 3 is 1.43 bits per heavy atom.